The summed E-state index contributed by atoms with van der Waals surface area (Å²) in [7, 11) is 0. The van der Waals surface area contributed by atoms with E-state index in [2.05, 4.69) is 4.98 Å². The zero-order chi connectivity index (χ0) is 31.3. The summed E-state index contributed by atoms with van der Waals surface area (Å²) in [5.74, 6) is -1.96. The fraction of sp³-hybridized carbons (Fsp3) is 0.250. The number of rotatable bonds is 8. The molecule has 220 valence electrons. The van der Waals surface area contributed by atoms with E-state index in [0.717, 1.165) is 23.4 Å². The Balaban J connectivity index is 1.85. The van der Waals surface area contributed by atoms with Crippen molar-refractivity contribution in [2.75, 3.05) is 12.4 Å². The molecule has 1 unspecified atom stereocenters. The molecule has 0 spiro atoms. The Bertz CT molecular complexity index is 1670. The number of hydrogen-bond acceptors (Lipinski definition) is 8. The number of nitrogens with zero attached hydrogens (tertiary/aromatic N) is 3. The molecule has 0 bridgehead atoms. The van der Waals surface area contributed by atoms with Crippen LogP contribution in [-0.2, 0) is 20.4 Å². The molecule has 0 saturated carbocycles. The number of carbonyl (C=O) groups excluding carboxylic acids is 1. The molecule has 0 saturated heterocycles. The van der Waals surface area contributed by atoms with Crippen LogP contribution in [0.2, 0.25) is 0 Å². The van der Waals surface area contributed by atoms with Crippen molar-refractivity contribution in [3.63, 3.8) is 0 Å². The second kappa shape index (κ2) is 13.1. The third-order valence-electron chi connectivity index (χ3n) is 6.74. The molecule has 2 aromatic carbocycles. The Kier molecular flexibility index (Phi) is 9.47. The van der Waals surface area contributed by atoms with Crippen molar-refractivity contribution < 1.29 is 27.4 Å². The van der Waals surface area contributed by atoms with Gasteiger partial charge in [0.15, 0.2) is 0 Å². The van der Waals surface area contributed by atoms with Gasteiger partial charge in [0.25, 0.3) is 0 Å². The molecular weight excluding hydrogens is 577 g/mol. The first-order chi connectivity index (χ1) is 20.5. The van der Waals surface area contributed by atoms with Gasteiger partial charge in [0, 0.05) is 5.56 Å². The number of halogens is 3. The van der Waals surface area contributed by atoms with Gasteiger partial charge in [-0.2, -0.15) is 23.7 Å². The van der Waals surface area contributed by atoms with Crippen LogP contribution < -0.4 is 5.73 Å². The minimum Gasteiger partial charge on any atom is -0.463 e. The van der Waals surface area contributed by atoms with E-state index in [-0.39, 0.29) is 51.8 Å². The Labute approximate surface area is 251 Å². The van der Waals surface area contributed by atoms with E-state index in [1.807, 2.05) is 32.0 Å². The largest absolute Gasteiger partial charge is 0.463 e. The average molecular weight is 605 g/mol. The predicted molar refractivity (Wildman–Crippen MR) is 155 cm³/mol. The quantitative estimate of drug-likeness (QED) is 0.212. The second-order valence-electron chi connectivity index (χ2n) is 9.80. The molecule has 1 aliphatic heterocycles. The zero-order valence-electron chi connectivity index (χ0n) is 23.5. The number of aromatic nitrogens is 1. The van der Waals surface area contributed by atoms with Gasteiger partial charge in [-0.25, -0.2) is 9.78 Å². The van der Waals surface area contributed by atoms with Gasteiger partial charge in [0.05, 0.1) is 40.7 Å². The van der Waals surface area contributed by atoms with Crippen LogP contribution >= 0.6 is 11.8 Å². The number of hydrogen-bond donors (Lipinski definition) is 1. The number of pyridine rings is 1. The minimum atomic E-state index is -4.83. The first kappa shape index (κ1) is 31.2. The monoisotopic (exact) mass is 604 g/mol. The van der Waals surface area contributed by atoms with E-state index in [4.69, 9.17) is 15.2 Å². The fourth-order valence-corrected chi connectivity index (χ4v) is 5.56. The first-order valence-corrected chi connectivity index (χ1v) is 14.3. The van der Waals surface area contributed by atoms with Crippen molar-refractivity contribution in [3.05, 3.63) is 106 Å². The molecule has 3 aromatic rings. The lowest BCUT2D eigenvalue weighted by Crippen LogP contribution is -2.27. The smallest absolute Gasteiger partial charge is 0.417 e. The van der Waals surface area contributed by atoms with Gasteiger partial charge < -0.3 is 15.2 Å². The molecule has 1 aromatic heterocycles. The van der Waals surface area contributed by atoms with Crippen molar-refractivity contribution in [1.29, 1.82) is 10.5 Å². The minimum absolute atomic E-state index is 0.00429. The summed E-state index contributed by atoms with van der Waals surface area (Å²) in [6.07, 6.45) is -4.83. The molecule has 0 radical (unpaired) electrons. The maximum Gasteiger partial charge on any atom is 0.417 e. The number of benzene rings is 2. The molecule has 1 atom stereocenters. The number of allylic oxidation sites excluding steroid dienone is 1. The molecule has 0 fully saturated rings. The third kappa shape index (κ3) is 6.68. The summed E-state index contributed by atoms with van der Waals surface area (Å²) < 4.78 is 53.3. The van der Waals surface area contributed by atoms with Gasteiger partial charge >= 0.3 is 12.1 Å². The van der Waals surface area contributed by atoms with E-state index in [1.54, 1.807) is 55.5 Å². The Morgan fingerprint density at radius 2 is 1.79 bits per heavy atom. The lowest BCUT2D eigenvalue weighted by Gasteiger charge is -2.28. The van der Waals surface area contributed by atoms with Gasteiger partial charge in [-0.3, -0.25) is 0 Å². The van der Waals surface area contributed by atoms with Crippen molar-refractivity contribution in [3.8, 4) is 23.4 Å². The summed E-state index contributed by atoms with van der Waals surface area (Å²) in [6.45, 7) is 5.70. The van der Waals surface area contributed by atoms with Gasteiger partial charge in [0.2, 0.25) is 5.88 Å². The van der Waals surface area contributed by atoms with Gasteiger partial charge in [-0.1, -0.05) is 80.2 Å². The molecule has 43 heavy (non-hydrogen) atoms. The number of esters is 1. The van der Waals surface area contributed by atoms with Crippen LogP contribution in [0.5, 0.6) is 0 Å². The highest BCUT2D eigenvalue weighted by molar-refractivity contribution is 7.99. The average Bonchev–Trinajstić information content (AvgIpc) is 2.99. The van der Waals surface area contributed by atoms with Crippen LogP contribution in [0.25, 0.3) is 11.3 Å². The summed E-state index contributed by atoms with van der Waals surface area (Å²) in [4.78, 5) is 17.7. The number of thioether (sulfide) groups is 1. The van der Waals surface area contributed by atoms with E-state index >= 15 is 0 Å². The van der Waals surface area contributed by atoms with Crippen LogP contribution in [0.4, 0.5) is 13.2 Å². The molecule has 11 heteroatoms. The molecular formula is C32H27F3N4O3S. The van der Waals surface area contributed by atoms with Crippen LogP contribution in [0.3, 0.4) is 0 Å². The highest BCUT2D eigenvalue weighted by atomic mass is 32.2. The van der Waals surface area contributed by atoms with Crippen LogP contribution in [0, 0.1) is 22.7 Å². The van der Waals surface area contributed by atoms with Crippen molar-refractivity contribution in [2.45, 2.75) is 43.8 Å². The van der Waals surface area contributed by atoms with E-state index in [9.17, 15) is 28.5 Å². The lowest BCUT2D eigenvalue weighted by molar-refractivity contribution is -0.139. The number of ether oxygens (including phenoxy) is 2. The number of nitrogens with two attached hydrogens (primary N) is 1. The van der Waals surface area contributed by atoms with Crippen molar-refractivity contribution >= 4 is 17.7 Å². The number of nitriles is 2. The van der Waals surface area contributed by atoms with Crippen LogP contribution in [-0.4, -0.2) is 23.3 Å². The van der Waals surface area contributed by atoms with Crippen molar-refractivity contribution in [1.82, 2.24) is 4.98 Å². The highest BCUT2D eigenvalue weighted by Crippen LogP contribution is 2.43. The Morgan fingerprint density at radius 3 is 2.35 bits per heavy atom. The molecule has 4 rings (SSSR count). The lowest BCUT2D eigenvalue weighted by atomic mass is 9.82. The molecule has 2 heterocycles. The van der Waals surface area contributed by atoms with E-state index in [1.165, 1.54) is 0 Å². The normalized spacial score (nSPS) is 15.1. The number of alkyl halides is 3. The number of carbonyl (C=O) groups is 1. The second-order valence-corrected chi connectivity index (χ2v) is 10.8. The molecule has 1 aliphatic rings. The van der Waals surface area contributed by atoms with Gasteiger partial charge in [-0.05, 0) is 30.0 Å². The summed E-state index contributed by atoms with van der Waals surface area (Å²) in [5, 5.41) is 19.5. The SMILES string of the molecule is CCOC(=O)C1=C(CSc2nc(-c3ccccc3)cc(C(F)(F)F)c2C#N)OC(N)=C(C#N)C1c1ccc(C(C)C)cc1. The van der Waals surface area contributed by atoms with Crippen LogP contribution in [0.1, 0.15) is 54.9 Å². The van der Waals surface area contributed by atoms with Crippen LogP contribution in [0.15, 0.2) is 88.5 Å². The van der Waals surface area contributed by atoms with Gasteiger partial charge in [0.1, 0.15) is 28.5 Å². The highest BCUT2D eigenvalue weighted by Gasteiger charge is 2.39. The maximum atomic E-state index is 14.1. The maximum absolute atomic E-state index is 14.1. The molecule has 0 aliphatic carbocycles. The topological polar surface area (TPSA) is 122 Å². The summed E-state index contributed by atoms with van der Waals surface area (Å²) >= 11 is 0.786. The fourth-order valence-electron chi connectivity index (χ4n) is 4.61. The summed E-state index contributed by atoms with van der Waals surface area (Å²) in [6, 6.07) is 20.1. The molecule has 0 amide bonds. The zero-order valence-corrected chi connectivity index (χ0v) is 24.3. The predicted octanol–water partition coefficient (Wildman–Crippen LogP) is 7.18. The first-order valence-electron chi connectivity index (χ1n) is 13.3. The summed E-state index contributed by atoms with van der Waals surface area (Å²) in [5.41, 5.74) is 6.41. The molecule has 7 nitrogen and oxygen atoms in total. The van der Waals surface area contributed by atoms with E-state index in [0.29, 0.717) is 11.1 Å². The van der Waals surface area contributed by atoms with E-state index < -0.39 is 29.2 Å². The van der Waals surface area contributed by atoms with Gasteiger partial charge in [-0.15, -0.1) is 0 Å². The molecule has 2 N–H and O–H groups in total. The van der Waals surface area contributed by atoms with Crippen molar-refractivity contribution in [2.24, 2.45) is 5.73 Å². The standard InChI is InChI=1S/C32H27F3N4O3S/c1-4-41-31(40)28-26(42-29(38)23(16-37)27(28)21-12-10-19(11-13-21)18(2)3)17-43-30-22(15-36)24(32(33,34)35)14-25(39-30)20-8-6-5-7-9-20/h5-14,18,27H,4,17,38H2,1-3H3. The third-order valence-corrected chi connectivity index (χ3v) is 7.72. The Morgan fingerprint density at radius 1 is 1.12 bits per heavy atom. The Hall–Kier alpha value is -4.74.